The van der Waals surface area contributed by atoms with Gasteiger partial charge in [-0.1, -0.05) is 6.07 Å². The molecule has 14 heavy (non-hydrogen) atoms. The molecule has 0 saturated heterocycles. The first kappa shape index (κ1) is 9.21. The average molecular weight is 204 g/mol. The lowest BCUT2D eigenvalue weighted by Gasteiger charge is -2.05. The number of aromatic nitrogens is 1. The van der Waals surface area contributed by atoms with E-state index in [9.17, 15) is 0 Å². The number of rotatable bonds is 1. The number of thiazole rings is 1. The lowest BCUT2D eigenvalue weighted by atomic mass is 10.1. The van der Waals surface area contributed by atoms with Crippen molar-refractivity contribution < 1.29 is 0 Å². The van der Waals surface area contributed by atoms with Crippen LogP contribution in [0.2, 0.25) is 0 Å². The Morgan fingerprint density at radius 2 is 1.79 bits per heavy atom. The van der Waals surface area contributed by atoms with Crippen molar-refractivity contribution in [3.63, 3.8) is 0 Å². The molecule has 0 aliphatic carbocycles. The van der Waals surface area contributed by atoms with Gasteiger partial charge in [0.2, 0.25) is 0 Å². The SMILES string of the molecule is Cc1cc(C)cc(-n2ccsc2=N)c1. The molecule has 0 aliphatic heterocycles. The lowest BCUT2D eigenvalue weighted by Crippen LogP contribution is -2.09. The molecule has 0 spiro atoms. The van der Waals surface area contributed by atoms with Crippen LogP contribution in [0.25, 0.3) is 5.69 Å². The third-order valence-electron chi connectivity index (χ3n) is 2.09. The summed E-state index contributed by atoms with van der Waals surface area (Å²) in [5.74, 6) is 0. The molecule has 1 aromatic heterocycles. The number of nitrogens with one attached hydrogen (secondary N) is 1. The highest BCUT2D eigenvalue weighted by molar-refractivity contribution is 7.07. The Morgan fingerprint density at radius 1 is 1.14 bits per heavy atom. The second-order valence-electron chi connectivity index (χ2n) is 3.42. The highest BCUT2D eigenvalue weighted by Crippen LogP contribution is 2.12. The quantitative estimate of drug-likeness (QED) is 0.740. The number of benzene rings is 1. The molecule has 0 fully saturated rings. The summed E-state index contributed by atoms with van der Waals surface area (Å²) in [5, 5.41) is 9.64. The van der Waals surface area contributed by atoms with E-state index in [0.717, 1.165) is 5.69 Å². The smallest absolute Gasteiger partial charge is 0.186 e. The van der Waals surface area contributed by atoms with Crippen LogP contribution in [0.4, 0.5) is 0 Å². The largest absolute Gasteiger partial charge is 0.293 e. The van der Waals surface area contributed by atoms with Gasteiger partial charge in [0.05, 0.1) is 0 Å². The predicted octanol–water partition coefficient (Wildman–Crippen LogP) is 2.64. The maximum atomic E-state index is 7.71. The van der Waals surface area contributed by atoms with Crippen molar-refractivity contribution in [3.05, 3.63) is 45.7 Å². The van der Waals surface area contributed by atoms with Crippen LogP contribution in [0.1, 0.15) is 11.1 Å². The molecule has 1 N–H and O–H groups in total. The monoisotopic (exact) mass is 204 g/mol. The van der Waals surface area contributed by atoms with Crippen LogP contribution < -0.4 is 4.80 Å². The first-order valence-electron chi connectivity index (χ1n) is 4.46. The average Bonchev–Trinajstić information content (AvgIpc) is 2.49. The number of hydrogen-bond donors (Lipinski definition) is 1. The summed E-state index contributed by atoms with van der Waals surface area (Å²) in [6.07, 6.45) is 1.93. The summed E-state index contributed by atoms with van der Waals surface area (Å²) < 4.78 is 1.89. The van der Waals surface area contributed by atoms with Crippen LogP contribution in [-0.4, -0.2) is 4.57 Å². The Bertz CT molecular complexity index is 488. The second kappa shape index (κ2) is 3.42. The highest BCUT2D eigenvalue weighted by Gasteiger charge is 1.99. The molecule has 0 amide bonds. The van der Waals surface area contributed by atoms with Gasteiger partial charge in [-0.25, -0.2) is 0 Å². The van der Waals surface area contributed by atoms with Gasteiger partial charge >= 0.3 is 0 Å². The summed E-state index contributed by atoms with van der Waals surface area (Å²) in [5.41, 5.74) is 3.55. The number of nitrogens with zero attached hydrogens (tertiary/aromatic N) is 1. The van der Waals surface area contributed by atoms with Gasteiger partial charge in [0.1, 0.15) is 0 Å². The number of aryl methyl sites for hydroxylation is 2. The fourth-order valence-electron chi connectivity index (χ4n) is 1.57. The molecule has 2 nitrogen and oxygen atoms in total. The van der Waals surface area contributed by atoms with Gasteiger partial charge in [0, 0.05) is 17.3 Å². The van der Waals surface area contributed by atoms with Crippen molar-refractivity contribution in [1.82, 2.24) is 4.57 Å². The molecular formula is C11H12N2S. The maximum Gasteiger partial charge on any atom is 0.186 e. The van der Waals surface area contributed by atoms with E-state index in [2.05, 4.69) is 32.0 Å². The summed E-state index contributed by atoms with van der Waals surface area (Å²) >= 11 is 1.44. The van der Waals surface area contributed by atoms with Crippen molar-refractivity contribution in [1.29, 1.82) is 5.41 Å². The van der Waals surface area contributed by atoms with Crippen LogP contribution in [-0.2, 0) is 0 Å². The zero-order valence-electron chi connectivity index (χ0n) is 8.24. The minimum Gasteiger partial charge on any atom is -0.293 e. The van der Waals surface area contributed by atoms with E-state index in [4.69, 9.17) is 5.41 Å². The highest BCUT2D eigenvalue weighted by atomic mass is 32.1. The molecule has 1 heterocycles. The zero-order chi connectivity index (χ0) is 10.1. The van der Waals surface area contributed by atoms with Crippen LogP contribution >= 0.6 is 11.3 Å². The van der Waals surface area contributed by atoms with Crippen LogP contribution in [0.15, 0.2) is 29.8 Å². The Kier molecular flexibility index (Phi) is 2.25. The zero-order valence-corrected chi connectivity index (χ0v) is 9.06. The predicted molar refractivity (Wildman–Crippen MR) is 59.0 cm³/mol. The molecule has 2 aromatic rings. The third kappa shape index (κ3) is 1.63. The fourth-order valence-corrected chi connectivity index (χ4v) is 2.16. The normalized spacial score (nSPS) is 10.4. The van der Waals surface area contributed by atoms with E-state index < -0.39 is 0 Å². The van der Waals surface area contributed by atoms with Gasteiger partial charge in [0.25, 0.3) is 0 Å². The molecule has 0 saturated carbocycles. The van der Waals surface area contributed by atoms with Gasteiger partial charge in [-0.05, 0) is 37.1 Å². The molecule has 0 bridgehead atoms. The van der Waals surface area contributed by atoms with E-state index in [1.54, 1.807) is 0 Å². The lowest BCUT2D eigenvalue weighted by molar-refractivity contribution is 0.975. The Morgan fingerprint density at radius 3 is 2.29 bits per heavy atom. The van der Waals surface area contributed by atoms with E-state index in [0.29, 0.717) is 4.80 Å². The van der Waals surface area contributed by atoms with E-state index in [1.807, 2.05) is 16.1 Å². The van der Waals surface area contributed by atoms with Crippen molar-refractivity contribution >= 4 is 11.3 Å². The minimum absolute atomic E-state index is 0.565. The molecule has 0 aliphatic rings. The van der Waals surface area contributed by atoms with E-state index >= 15 is 0 Å². The standard InChI is InChI=1S/C11H12N2S/c1-8-5-9(2)7-10(6-8)13-3-4-14-11(13)12/h3-7,12H,1-2H3. The molecule has 72 valence electrons. The molecule has 3 heteroatoms. The Labute approximate surface area is 87.0 Å². The van der Waals surface area contributed by atoms with Crippen molar-refractivity contribution in [2.75, 3.05) is 0 Å². The van der Waals surface area contributed by atoms with Gasteiger partial charge < -0.3 is 0 Å². The molecule has 0 unspecified atom stereocenters. The second-order valence-corrected chi connectivity index (χ2v) is 4.32. The maximum absolute atomic E-state index is 7.71. The molecule has 0 atom stereocenters. The van der Waals surface area contributed by atoms with Crippen LogP contribution in [0.3, 0.4) is 0 Å². The molecule has 2 rings (SSSR count). The van der Waals surface area contributed by atoms with Crippen LogP contribution in [0, 0.1) is 19.3 Å². The van der Waals surface area contributed by atoms with E-state index in [-0.39, 0.29) is 0 Å². The van der Waals surface area contributed by atoms with Crippen molar-refractivity contribution in [2.24, 2.45) is 0 Å². The molecule has 1 aromatic carbocycles. The van der Waals surface area contributed by atoms with Gasteiger partial charge in [-0.15, -0.1) is 11.3 Å². The number of hydrogen-bond acceptors (Lipinski definition) is 2. The topological polar surface area (TPSA) is 28.8 Å². The van der Waals surface area contributed by atoms with Crippen molar-refractivity contribution in [3.8, 4) is 5.69 Å². The van der Waals surface area contributed by atoms with E-state index in [1.165, 1.54) is 22.5 Å². The first-order valence-corrected chi connectivity index (χ1v) is 5.34. The fraction of sp³-hybridized carbons (Fsp3) is 0.182. The molecular weight excluding hydrogens is 192 g/mol. The first-order chi connectivity index (χ1) is 6.66. The van der Waals surface area contributed by atoms with Crippen LogP contribution in [0.5, 0.6) is 0 Å². The summed E-state index contributed by atoms with van der Waals surface area (Å²) in [7, 11) is 0. The van der Waals surface area contributed by atoms with Gasteiger partial charge in [-0.2, -0.15) is 0 Å². The summed E-state index contributed by atoms with van der Waals surface area (Å²) in [6.45, 7) is 4.15. The van der Waals surface area contributed by atoms with Crippen molar-refractivity contribution in [2.45, 2.75) is 13.8 Å². The minimum atomic E-state index is 0.565. The Balaban J connectivity index is 2.63. The van der Waals surface area contributed by atoms with Gasteiger partial charge in [-0.3, -0.25) is 9.98 Å². The van der Waals surface area contributed by atoms with Gasteiger partial charge in [0.15, 0.2) is 4.80 Å². The molecule has 0 radical (unpaired) electrons. The third-order valence-corrected chi connectivity index (χ3v) is 2.77. The Hall–Kier alpha value is -1.35. The summed E-state index contributed by atoms with van der Waals surface area (Å²) in [6, 6.07) is 6.33. The summed E-state index contributed by atoms with van der Waals surface area (Å²) in [4.78, 5) is 0.565.